The summed E-state index contributed by atoms with van der Waals surface area (Å²) in [6, 6.07) is 9.19. The molecule has 1 aromatic rings. The van der Waals surface area contributed by atoms with E-state index < -0.39 is 0 Å². The molecule has 1 aromatic carbocycles. The highest BCUT2D eigenvalue weighted by atomic mass is 14.7. The second-order valence-corrected chi connectivity index (χ2v) is 5.43. The Bertz CT molecular complexity index is 354. The van der Waals surface area contributed by atoms with Gasteiger partial charge in [0.15, 0.2) is 0 Å². The van der Waals surface area contributed by atoms with Crippen LogP contribution in [0.4, 0.5) is 0 Å². The van der Waals surface area contributed by atoms with E-state index in [9.17, 15) is 0 Å². The van der Waals surface area contributed by atoms with E-state index in [2.05, 4.69) is 38.1 Å². The molecule has 2 unspecified atom stereocenters. The van der Waals surface area contributed by atoms with Crippen molar-refractivity contribution in [1.29, 1.82) is 0 Å². The molecule has 0 saturated carbocycles. The van der Waals surface area contributed by atoms with Gasteiger partial charge in [-0.15, -0.1) is 0 Å². The first kappa shape index (κ1) is 12.6. The van der Waals surface area contributed by atoms with Gasteiger partial charge in [0.05, 0.1) is 0 Å². The zero-order valence-electron chi connectivity index (χ0n) is 11.2. The lowest BCUT2D eigenvalue weighted by atomic mass is 9.85. The van der Waals surface area contributed by atoms with Gasteiger partial charge in [0, 0.05) is 6.04 Å². The SMILES string of the molecule is CCC(CC)CC(N)C1CCc2ccccc21. The van der Waals surface area contributed by atoms with Crippen molar-refractivity contribution in [3.05, 3.63) is 35.4 Å². The lowest BCUT2D eigenvalue weighted by molar-refractivity contribution is 0.373. The van der Waals surface area contributed by atoms with Crippen molar-refractivity contribution in [2.75, 3.05) is 0 Å². The smallest absolute Gasteiger partial charge is 0.0111 e. The molecule has 2 N–H and O–H groups in total. The van der Waals surface area contributed by atoms with Gasteiger partial charge in [0.2, 0.25) is 0 Å². The molecule has 1 heteroatoms. The average molecular weight is 231 g/mol. The van der Waals surface area contributed by atoms with Crippen LogP contribution in [0, 0.1) is 5.92 Å². The van der Waals surface area contributed by atoms with Gasteiger partial charge in [0.25, 0.3) is 0 Å². The number of hydrogen-bond acceptors (Lipinski definition) is 1. The summed E-state index contributed by atoms with van der Waals surface area (Å²) in [5.41, 5.74) is 9.49. The lowest BCUT2D eigenvalue weighted by Crippen LogP contribution is -2.29. The van der Waals surface area contributed by atoms with Crippen LogP contribution < -0.4 is 5.73 Å². The molecule has 2 rings (SSSR count). The van der Waals surface area contributed by atoms with Gasteiger partial charge in [-0.2, -0.15) is 0 Å². The summed E-state index contributed by atoms with van der Waals surface area (Å²) in [6.07, 6.45) is 6.18. The third-order valence-corrected chi connectivity index (χ3v) is 4.46. The highest BCUT2D eigenvalue weighted by molar-refractivity contribution is 5.35. The van der Waals surface area contributed by atoms with Crippen molar-refractivity contribution < 1.29 is 0 Å². The lowest BCUT2D eigenvalue weighted by Gasteiger charge is -2.24. The Morgan fingerprint density at radius 2 is 1.94 bits per heavy atom. The Hall–Kier alpha value is -0.820. The van der Waals surface area contributed by atoms with E-state index in [1.165, 1.54) is 43.2 Å². The number of nitrogens with two attached hydrogens (primary N) is 1. The Morgan fingerprint density at radius 3 is 2.65 bits per heavy atom. The topological polar surface area (TPSA) is 26.0 Å². The van der Waals surface area contributed by atoms with Crippen LogP contribution in [0.25, 0.3) is 0 Å². The molecule has 0 radical (unpaired) electrons. The molecule has 1 aliphatic rings. The molecule has 94 valence electrons. The van der Waals surface area contributed by atoms with Gasteiger partial charge in [0.1, 0.15) is 0 Å². The summed E-state index contributed by atoms with van der Waals surface area (Å²) in [4.78, 5) is 0. The van der Waals surface area contributed by atoms with Crippen LogP contribution in [-0.2, 0) is 6.42 Å². The highest BCUT2D eigenvalue weighted by Crippen LogP contribution is 2.36. The molecule has 0 heterocycles. The number of fused-ring (bicyclic) bond motifs is 1. The van der Waals surface area contributed by atoms with Crippen molar-refractivity contribution in [2.45, 2.75) is 57.9 Å². The highest BCUT2D eigenvalue weighted by Gasteiger charge is 2.28. The molecule has 1 aliphatic carbocycles. The van der Waals surface area contributed by atoms with Crippen LogP contribution in [0.15, 0.2) is 24.3 Å². The molecule has 0 amide bonds. The molecule has 0 spiro atoms. The Balaban J connectivity index is 2.04. The van der Waals surface area contributed by atoms with Crippen molar-refractivity contribution in [3.8, 4) is 0 Å². The van der Waals surface area contributed by atoms with Gasteiger partial charge >= 0.3 is 0 Å². The summed E-state index contributed by atoms with van der Waals surface area (Å²) in [5.74, 6) is 1.41. The second-order valence-electron chi connectivity index (χ2n) is 5.43. The van der Waals surface area contributed by atoms with Gasteiger partial charge in [-0.05, 0) is 42.2 Å². The number of aryl methyl sites for hydroxylation is 1. The molecule has 0 bridgehead atoms. The number of hydrogen-bond donors (Lipinski definition) is 1. The fourth-order valence-corrected chi connectivity index (χ4v) is 3.21. The zero-order valence-corrected chi connectivity index (χ0v) is 11.2. The largest absolute Gasteiger partial charge is 0.327 e. The van der Waals surface area contributed by atoms with E-state index in [0.29, 0.717) is 12.0 Å². The first-order valence-electron chi connectivity index (χ1n) is 7.09. The molecule has 0 aliphatic heterocycles. The average Bonchev–Trinajstić information content (AvgIpc) is 2.79. The minimum absolute atomic E-state index is 0.351. The third kappa shape index (κ3) is 2.71. The summed E-state index contributed by atoms with van der Waals surface area (Å²) >= 11 is 0. The standard InChI is InChI=1S/C16H25N/c1-3-12(4-2)11-16(17)15-10-9-13-7-5-6-8-14(13)15/h5-8,12,15-16H,3-4,9-11,17H2,1-2H3. The van der Waals surface area contributed by atoms with Crippen LogP contribution in [0.3, 0.4) is 0 Å². The molecule has 0 aromatic heterocycles. The second kappa shape index (κ2) is 5.68. The zero-order chi connectivity index (χ0) is 12.3. The Kier molecular flexibility index (Phi) is 4.22. The summed E-state index contributed by atoms with van der Waals surface area (Å²) in [6.45, 7) is 4.56. The van der Waals surface area contributed by atoms with Crippen LogP contribution in [-0.4, -0.2) is 6.04 Å². The summed E-state index contributed by atoms with van der Waals surface area (Å²) in [7, 11) is 0. The quantitative estimate of drug-likeness (QED) is 0.818. The summed E-state index contributed by atoms with van der Waals surface area (Å²) in [5, 5.41) is 0. The minimum atomic E-state index is 0.351. The maximum Gasteiger partial charge on any atom is 0.0111 e. The van der Waals surface area contributed by atoms with Crippen LogP contribution in [0.2, 0.25) is 0 Å². The first-order valence-corrected chi connectivity index (χ1v) is 7.09. The Morgan fingerprint density at radius 1 is 1.24 bits per heavy atom. The van der Waals surface area contributed by atoms with Crippen molar-refractivity contribution >= 4 is 0 Å². The molecule has 0 fully saturated rings. The van der Waals surface area contributed by atoms with E-state index in [1.807, 2.05) is 0 Å². The predicted molar refractivity (Wildman–Crippen MR) is 74.2 cm³/mol. The monoisotopic (exact) mass is 231 g/mol. The van der Waals surface area contributed by atoms with Crippen molar-refractivity contribution in [3.63, 3.8) is 0 Å². The summed E-state index contributed by atoms with van der Waals surface area (Å²) < 4.78 is 0. The van der Waals surface area contributed by atoms with E-state index in [-0.39, 0.29) is 0 Å². The molecule has 1 nitrogen and oxygen atoms in total. The maximum atomic E-state index is 6.45. The van der Waals surface area contributed by atoms with Crippen molar-refractivity contribution in [1.82, 2.24) is 0 Å². The normalized spacial score (nSPS) is 20.6. The molecule has 17 heavy (non-hydrogen) atoms. The van der Waals surface area contributed by atoms with Crippen molar-refractivity contribution in [2.24, 2.45) is 11.7 Å². The Labute approximate surface area is 105 Å². The first-order chi connectivity index (χ1) is 8.26. The molecule has 2 atom stereocenters. The fraction of sp³-hybridized carbons (Fsp3) is 0.625. The van der Waals surface area contributed by atoms with Gasteiger partial charge in [-0.3, -0.25) is 0 Å². The van der Waals surface area contributed by atoms with E-state index in [0.717, 1.165) is 5.92 Å². The van der Waals surface area contributed by atoms with Crippen LogP contribution in [0.5, 0.6) is 0 Å². The maximum absolute atomic E-state index is 6.45. The number of rotatable bonds is 5. The van der Waals surface area contributed by atoms with Crippen LogP contribution >= 0.6 is 0 Å². The van der Waals surface area contributed by atoms with Gasteiger partial charge in [-0.1, -0.05) is 51.0 Å². The van der Waals surface area contributed by atoms with Crippen LogP contribution in [0.1, 0.15) is 56.6 Å². The van der Waals surface area contributed by atoms with E-state index in [4.69, 9.17) is 5.73 Å². The van der Waals surface area contributed by atoms with Gasteiger partial charge in [-0.25, -0.2) is 0 Å². The third-order valence-electron chi connectivity index (χ3n) is 4.46. The van der Waals surface area contributed by atoms with Gasteiger partial charge < -0.3 is 5.73 Å². The molecular formula is C16H25N. The predicted octanol–water partition coefficient (Wildman–Crippen LogP) is 3.87. The molecular weight excluding hydrogens is 206 g/mol. The minimum Gasteiger partial charge on any atom is -0.327 e. The van der Waals surface area contributed by atoms with E-state index >= 15 is 0 Å². The fourth-order valence-electron chi connectivity index (χ4n) is 3.21. The molecule has 0 saturated heterocycles. The van der Waals surface area contributed by atoms with E-state index in [1.54, 1.807) is 0 Å². The number of benzene rings is 1.